The highest BCUT2D eigenvalue weighted by atomic mass is 16.5. The van der Waals surface area contributed by atoms with Crippen LogP contribution < -0.4 is 16.3 Å². The monoisotopic (exact) mass is 330 g/mol. The Labute approximate surface area is 138 Å². The minimum absolute atomic E-state index is 0.150. The van der Waals surface area contributed by atoms with E-state index in [0.29, 0.717) is 17.7 Å². The van der Waals surface area contributed by atoms with Crippen LogP contribution in [0.2, 0.25) is 0 Å². The van der Waals surface area contributed by atoms with Gasteiger partial charge >= 0.3 is 5.97 Å². The first-order valence-electron chi connectivity index (χ1n) is 7.26. The molecule has 0 aliphatic carbocycles. The van der Waals surface area contributed by atoms with E-state index in [-0.39, 0.29) is 18.2 Å². The van der Waals surface area contributed by atoms with Gasteiger partial charge in [0.05, 0.1) is 24.8 Å². The molecular weight excluding hydrogens is 312 g/mol. The number of esters is 1. The fourth-order valence-corrected chi connectivity index (χ4v) is 2.11. The number of hydrogen-bond acceptors (Lipinski definition) is 6. The molecule has 0 saturated carbocycles. The first-order valence-corrected chi connectivity index (χ1v) is 7.26. The summed E-state index contributed by atoms with van der Waals surface area (Å²) >= 11 is 0. The third kappa shape index (κ3) is 4.42. The van der Waals surface area contributed by atoms with Crippen molar-refractivity contribution in [3.05, 3.63) is 47.7 Å². The van der Waals surface area contributed by atoms with Crippen LogP contribution in [0.5, 0.6) is 0 Å². The molecule has 0 aromatic heterocycles. The Balaban J connectivity index is 1.78. The molecule has 8 nitrogen and oxygen atoms in total. The highest BCUT2D eigenvalue weighted by Crippen LogP contribution is 2.17. The van der Waals surface area contributed by atoms with Crippen LogP contribution in [-0.4, -0.2) is 31.1 Å². The number of methoxy groups -OCH3 is 1. The lowest BCUT2D eigenvalue weighted by atomic mass is 10.0. The highest BCUT2D eigenvalue weighted by Gasteiger charge is 2.27. The van der Waals surface area contributed by atoms with Crippen molar-refractivity contribution in [2.45, 2.75) is 12.8 Å². The normalized spacial score (nSPS) is 16.6. The topological polar surface area (TPSA) is 109 Å². The summed E-state index contributed by atoms with van der Waals surface area (Å²) in [6.07, 6.45) is 1.96. The Morgan fingerprint density at radius 1 is 1.33 bits per heavy atom. The summed E-state index contributed by atoms with van der Waals surface area (Å²) in [6.45, 7) is 3.70. The maximum atomic E-state index is 11.7. The SMILES string of the molecule is C=C1NNC(=O)C1CCC(=O)NN=Cc1ccc(C(=O)OC)cc1. The summed E-state index contributed by atoms with van der Waals surface area (Å²) < 4.78 is 4.60. The molecule has 1 unspecified atom stereocenters. The van der Waals surface area contributed by atoms with Gasteiger partial charge in [0, 0.05) is 12.1 Å². The molecule has 126 valence electrons. The highest BCUT2D eigenvalue weighted by molar-refractivity contribution is 5.91. The molecule has 1 fully saturated rings. The number of ether oxygens (including phenoxy) is 1. The van der Waals surface area contributed by atoms with Crippen molar-refractivity contribution >= 4 is 24.0 Å². The van der Waals surface area contributed by atoms with Crippen LogP contribution in [0.25, 0.3) is 0 Å². The Morgan fingerprint density at radius 2 is 2.04 bits per heavy atom. The number of nitrogens with zero attached hydrogens (tertiary/aromatic N) is 1. The smallest absolute Gasteiger partial charge is 0.337 e. The zero-order valence-electron chi connectivity index (χ0n) is 13.2. The number of hydrazine groups is 1. The molecule has 0 radical (unpaired) electrons. The van der Waals surface area contributed by atoms with Crippen LogP contribution in [0, 0.1) is 5.92 Å². The molecule has 1 aromatic carbocycles. The molecule has 2 amide bonds. The minimum Gasteiger partial charge on any atom is -0.465 e. The fourth-order valence-electron chi connectivity index (χ4n) is 2.11. The van der Waals surface area contributed by atoms with E-state index in [2.05, 4.69) is 32.7 Å². The van der Waals surface area contributed by atoms with E-state index >= 15 is 0 Å². The quantitative estimate of drug-likeness (QED) is 0.399. The third-order valence-electron chi connectivity index (χ3n) is 3.48. The Morgan fingerprint density at radius 3 is 2.62 bits per heavy atom. The van der Waals surface area contributed by atoms with Gasteiger partial charge in [-0.15, -0.1) is 0 Å². The molecular formula is C16H18N4O4. The summed E-state index contributed by atoms with van der Waals surface area (Å²) in [5, 5.41) is 3.84. The third-order valence-corrected chi connectivity index (χ3v) is 3.48. The number of rotatable bonds is 6. The molecule has 24 heavy (non-hydrogen) atoms. The van der Waals surface area contributed by atoms with Crippen LogP contribution in [0.4, 0.5) is 0 Å². The van der Waals surface area contributed by atoms with Crippen molar-refractivity contribution in [2.75, 3.05) is 7.11 Å². The molecule has 1 atom stereocenters. The maximum Gasteiger partial charge on any atom is 0.337 e. The number of hydrazone groups is 1. The van der Waals surface area contributed by atoms with Crippen LogP contribution in [0.15, 0.2) is 41.6 Å². The van der Waals surface area contributed by atoms with Crippen molar-refractivity contribution in [3.63, 3.8) is 0 Å². The zero-order valence-corrected chi connectivity index (χ0v) is 13.2. The van der Waals surface area contributed by atoms with Crippen LogP contribution in [0.3, 0.4) is 0 Å². The Kier molecular flexibility index (Phi) is 5.67. The minimum atomic E-state index is -0.418. The second-order valence-corrected chi connectivity index (χ2v) is 5.14. The van der Waals surface area contributed by atoms with Crippen LogP contribution >= 0.6 is 0 Å². The van der Waals surface area contributed by atoms with Crippen molar-refractivity contribution in [1.82, 2.24) is 16.3 Å². The number of amides is 2. The largest absolute Gasteiger partial charge is 0.465 e. The predicted molar refractivity (Wildman–Crippen MR) is 86.7 cm³/mol. The molecule has 1 heterocycles. The van der Waals surface area contributed by atoms with Gasteiger partial charge in [0.1, 0.15) is 0 Å². The van der Waals surface area contributed by atoms with Crippen molar-refractivity contribution in [2.24, 2.45) is 11.0 Å². The zero-order chi connectivity index (χ0) is 17.5. The Hall–Kier alpha value is -3.16. The average molecular weight is 330 g/mol. The van der Waals surface area contributed by atoms with Gasteiger partial charge in [-0.05, 0) is 24.1 Å². The maximum absolute atomic E-state index is 11.7. The molecule has 0 bridgehead atoms. The molecule has 1 saturated heterocycles. The fraction of sp³-hybridized carbons (Fsp3) is 0.250. The molecule has 1 aliphatic rings. The summed E-state index contributed by atoms with van der Waals surface area (Å²) in [6, 6.07) is 6.57. The standard InChI is InChI=1S/C16H18N4O4/c1-10-13(15(22)20-18-10)7-8-14(21)19-17-9-11-3-5-12(6-4-11)16(23)24-2/h3-6,9,13,18H,1,7-8H2,2H3,(H,19,21)(H,20,22). The molecule has 0 spiro atoms. The number of hydrogen-bond donors (Lipinski definition) is 3. The number of carbonyl (C=O) groups is 3. The van der Waals surface area contributed by atoms with E-state index < -0.39 is 11.9 Å². The Bertz CT molecular complexity index is 666. The molecule has 3 N–H and O–H groups in total. The van der Waals surface area contributed by atoms with Gasteiger partial charge in [-0.1, -0.05) is 18.7 Å². The van der Waals surface area contributed by atoms with Crippen LogP contribution in [0.1, 0.15) is 28.8 Å². The van der Waals surface area contributed by atoms with Gasteiger partial charge in [-0.2, -0.15) is 5.10 Å². The molecule has 1 aromatic rings. The van der Waals surface area contributed by atoms with Crippen molar-refractivity contribution < 1.29 is 19.1 Å². The number of carbonyl (C=O) groups excluding carboxylic acids is 3. The van der Waals surface area contributed by atoms with E-state index in [4.69, 9.17) is 0 Å². The summed E-state index contributed by atoms with van der Waals surface area (Å²) in [7, 11) is 1.31. The van der Waals surface area contributed by atoms with Gasteiger partial charge in [-0.3, -0.25) is 15.0 Å². The van der Waals surface area contributed by atoms with Gasteiger partial charge in [0.15, 0.2) is 0 Å². The second kappa shape index (κ2) is 7.91. The molecule has 2 rings (SSSR count). The van der Waals surface area contributed by atoms with Gasteiger partial charge in [0.25, 0.3) is 0 Å². The lowest BCUT2D eigenvalue weighted by Crippen LogP contribution is -2.26. The molecule has 1 aliphatic heterocycles. The average Bonchev–Trinajstić information content (AvgIpc) is 2.91. The number of benzene rings is 1. The van der Waals surface area contributed by atoms with E-state index in [1.165, 1.54) is 13.3 Å². The number of nitrogens with one attached hydrogen (secondary N) is 3. The van der Waals surface area contributed by atoms with Crippen molar-refractivity contribution in [3.8, 4) is 0 Å². The molecule has 8 heteroatoms. The van der Waals surface area contributed by atoms with Gasteiger partial charge in [-0.25, -0.2) is 10.2 Å². The lowest BCUT2D eigenvalue weighted by molar-refractivity contribution is -0.123. The summed E-state index contributed by atoms with van der Waals surface area (Å²) in [4.78, 5) is 34.5. The summed E-state index contributed by atoms with van der Waals surface area (Å²) in [5.74, 6) is -1.32. The van der Waals surface area contributed by atoms with Crippen molar-refractivity contribution in [1.29, 1.82) is 0 Å². The van der Waals surface area contributed by atoms with E-state index in [9.17, 15) is 14.4 Å². The summed E-state index contributed by atoms with van der Waals surface area (Å²) in [5.41, 5.74) is 9.18. The first-order chi connectivity index (χ1) is 11.5. The first kappa shape index (κ1) is 17.2. The van der Waals surface area contributed by atoms with E-state index in [0.717, 1.165) is 5.56 Å². The predicted octanol–water partition coefficient (Wildman–Crippen LogP) is 0.468. The van der Waals surface area contributed by atoms with E-state index in [1.54, 1.807) is 24.3 Å². The second-order valence-electron chi connectivity index (χ2n) is 5.14. The van der Waals surface area contributed by atoms with Crippen LogP contribution in [-0.2, 0) is 14.3 Å². The van der Waals surface area contributed by atoms with Gasteiger partial charge in [0.2, 0.25) is 11.8 Å². The van der Waals surface area contributed by atoms with Gasteiger partial charge < -0.3 is 10.2 Å². The lowest BCUT2D eigenvalue weighted by Gasteiger charge is -2.05. The van der Waals surface area contributed by atoms with E-state index in [1.807, 2.05) is 0 Å².